The number of rotatable bonds is 7. The average molecular weight is 611 g/mol. The molecule has 9 heteroatoms. The molecule has 0 spiro atoms. The first-order valence-corrected chi connectivity index (χ1v) is 14.4. The fraction of sp³-hybridized carbons (Fsp3) is 0.219. The predicted molar refractivity (Wildman–Crippen MR) is 164 cm³/mol. The number of halogens is 1. The van der Waals surface area contributed by atoms with Gasteiger partial charge in [0.15, 0.2) is 5.75 Å². The van der Waals surface area contributed by atoms with Gasteiger partial charge >= 0.3 is 5.69 Å². The van der Waals surface area contributed by atoms with Crippen LogP contribution < -0.4 is 10.3 Å². The highest BCUT2D eigenvalue weighted by Gasteiger charge is 2.23. The van der Waals surface area contributed by atoms with Gasteiger partial charge in [0.2, 0.25) is 0 Å². The number of benzene rings is 4. The van der Waals surface area contributed by atoms with Crippen molar-refractivity contribution in [1.82, 2.24) is 9.66 Å². The van der Waals surface area contributed by atoms with E-state index in [2.05, 4.69) is 21.0 Å². The van der Waals surface area contributed by atoms with Gasteiger partial charge in [0.05, 0.1) is 22.0 Å². The summed E-state index contributed by atoms with van der Waals surface area (Å²) in [6, 6.07) is 24.0. The van der Waals surface area contributed by atoms with Gasteiger partial charge in [0.1, 0.15) is 12.4 Å². The molecule has 206 valence electrons. The molecule has 0 N–H and O–H groups in total. The molecule has 0 bridgehead atoms. The molecule has 8 nitrogen and oxygen atoms in total. The highest BCUT2D eigenvalue weighted by atomic mass is 79.9. The van der Waals surface area contributed by atoms with Crippen molar-refractivity contribution in [2.75, 3.05) is 0 Å². The second-order valence-corrected chi connectivity index (χ2v) is 11.2. The number of hydrogen-bond acceptors (Lipinski definition) is 6. The topological polar surface area (TPSA) is 99.6 Å². The van der Waals surface area contributed by atoms with Crippen LogP contribution in [0, 0.1) is 10.1 Å². The fourth-order valence-electron chi connectivity index (χ4n) is 5.48. The zero-order chi connectivity index (χ0) is 28.3. The Labute approximate surface area is 244 Å². The average Bonchev–Trinajstić information content (AvgIpc) is 3.00. The summed E-state index contributed by atoms with van der Waals surface area (Å²) in [6.45, 7) is 0.189. The quantitative estimate of drug-likeness (QED) is 0.107. The normalized spacial score (nSPS) is 14.2. The summed E-state index contributed by atoms with van der Waals surface area (Å²) in [4.78, 5) is 29.9. The molecule has 1 aliphatic carbocycles. The van der Waals surface area contributed by atoms with Crippen molar-refractivity contribution in [3.8, 4) is 5.75 Å². The van der Waals surface area contributed by atoms with E-state index in [1.165, 1.54) is 23.4 Å². The maximum absolute atomic E-state index is 13.6. The lowest BCUT2D eigenvalue weighted by Crippen LogP contribution is -2.25. The van der Waals surface area contributed by atoms with Crippen LogP contribution in [0.4, 0.5) is 5.69 Å². The SMILES string of the molecule is O=c1c2cc(Br)ccc2nc(C2CCCCC2)n1N=Cc1ccc(OCc2cccc3ccccc23)c([N+](=O)[O-])c1. The standard InChI is InChI=1S/C32H27BrN4O4/c33-25-14-15-28-27(18-25)32(38)36(31(35-28)23-8-2-1-3-9-23)34-19-21-13-16-30(29(17-21)37(39)40)41-20-24-11-6-10-22-7-4-5-12-26(22)24/h4-7,10-19,23H,1-3,8-9,20H2. The van der Waals surface area contributed by atoms with Crippen molar-refractivity contribution in [1.29, 1.82) is 0 Å². The number of fused-ring (bicyclic) bond motifs is 2. The molecule has 0 aliphatic heterocycles. The first-order valence-electron chi connectivity index (χ1n) is 13.6. The Morgan fingerprint density at radius 1 is 1.00 bits per heavy atom. The largest absolute Gasteiger partial charge is 0.482 e. The molecule has 1 aliphatic rings. The predicted octanol–water partition coefficient (Wildman–Crippen LogP) is 7.73. The van der Waals surface area contributed by atoms with Gasteiger partial charge in [-0.2, -0.15) is 9.78 Å². The third-order valence-electron chi connectivity index (χ3n) is 7.57. The van der Waals surface area contributed by atoms with Crippen molar-refractivity contribution in [3.63, 3.8) is 0 Å². The Kier molecular flexibility index (Phi) is 7.61. The molecule has 1 heterocycles. The monoisotopic (exact) mass is 610 g/mol. The number of nitro benzene ring substituents is 1. The van der Waals surface area contributed by atoms with Crippen molar-refractivity contribution in [2.45, 2.75) is 44.6 Å². The highest BCUT2D eigenvalue weighted by molar-refractivity contribution is 9.10. The minimum Gasteiger partial charge on any atom is -0.482 e. The van der Waals surface area contributed by atoms with E-state index in [9.17, 15) is 14.9 Å². The van der Waals surface area contributed by atoms with Gasteiger partial charge in [-0.3, -0.25) is 14.9 Å². The van der Waals surface area contributed by atoms with Crippen molar-refractivity contribution in [2.24, 2.45) is 5.10 Å². The molecule has 5 aromatic rings. The number of hydrogen-bond donors (Lipinski definition) is 0. The summed E-state index contributed by atoms with van der Waals surface area (Å²) in [5.41, 5.74) is 1.61. The summed E-state index contributed by atoms with van der Waals surface area (Å²) in [5, 5.41) is 19.1. The van der Waals surface area contributed by atoms with E-state index >= 15 is 0 Å². The lowest BCUT2D eigenvalue weighted by Gasteiger charge is -2.22. The highest BCUT2D eigenvalue weighted by Crippen LogP contribution is 2.33. The first-order chi connectivity index (χ1) is 20.0. The van der Waals surface area contributed by atoms with E-state index in [1.807, 2.05) is 54.6 Å². The Balaban J connectivity index is 1.33. The summed E-state index contributed by atoms with van der Waals surface area (Å²) >= 11 is 3.44. The molecule has 6 rings (SSSR count). The number of nitrogens with zero attached hydrogens (tertiary/aromatic N) is 4. The van der Waals surface area contributed by atoms with Gasteiger partial charge in [-0.1, -0.05) is 77.7 Å². The van der Waals surface area contributed by atoms with E-state index in [-0.39, 0.29) is 29.5 Å². The summed E-state index contributed by atoms with van der Waals surface area (Å²) in [5.74, 6) is 0.920. The number of aromatic nitrogens is 2. The van der Waals surface area contributed by atoms with Gasteiger partial charge in [0.25, 0.3) is 5.56 Å². The van der Waals surface area contributed by atoms with E-state index < -0.39 is 4.92 Å². The molecule has 4 aromatic carbocycles. The van der Waals surface area contributed by atoms with Gasteiger partial charge < -0.3 is 4.74 Å². The smallest absolute Gasteiger partial charge is 0.311 e. The molecule has 1 aromatic heterocycles. The number of ether oxygens (including phenoxy) is 1. The minimum absolute atomic E-state index is 0.126. The van der Waals surface area contributed by atoms with Crippen LogP contribution in [0.5, 0.6) is 5.75 Å². The van der Waals surface area contributed by atoms with Crippen molar-refractivity contribution < 1.29 is 9.66 Å². The van der Waals surface area contributed by atoms with Crippen LogP contribution >= 0.6 is 15.9 Å². The van der Waals surface area contributed by atoms with Crippen LogP contribution in [0.25, 0.3) is 21.7 Å². The van der Waals surface area contributed by atoms with Gasteiger partial charge in [0, 0.05) is 22.0 Å². The van der Waals surface area contributed by atoms with Gasteiger partial charge in [-0.15, -0.1) is 0 Å². The lowest BCUT2D eigenvalue weighted by atomic mass is 9.88. The van der Waals surface area contributed by atoms with Crippen LogP contribution in [-0.4, -0.2) is 20.8 Å². The third kappa shape index (κ3) is 5.63. The molecule has 0 amide bonds. The molecular weight excluding hydrogens is 584 g/mol. The Hall–Kier alpha value is -4.37. The molecule has 0 atom stereocenters. The van der Waals surface area contributed by atoms with Crippen LogP contribution in [0.2, 0.25) is 0 Å². The number of nitro groups is 1. The molecular formula is C32H27BrN4O4. The summed E-state index contributed by atoms with van der Waals surface area (Å²) in [6.07, 6.45) is 6.68. The van der Waals surface area contributed by atoms with Crippen molar-refractivity contribution in [3.05, 3.63) is 121 Å². The summed E-state index contributed by atoms with van der Waals surface area (Å²) < 4.78 is 8.07. The van der Waals surface area contributed by atoms with E-state index in [4.69, 9.17) is 9.72 Å². The van der Waals surface area contributed by atoms with Crippen LogP contribution in [0.1, 0.15) is 55.0 Å². The Bertz CT molecular complexity index is 1860. The van der Waals surface area contributed by atoms with E-state index in [0.29, 0.717) is 22.3 Å². The van der Waals surface area contributed by atoms with Crippen LogP contribution in [-0.2, 0) is 6.61 Å². The zero-order valence-corrected chi connectivity index (χ0v) is 23.8. The van der Waals surface area contributed by atoms with Crippen molar-refractivity contribution >= 4 is 49.5 Å². The van der Waals surface area contributed by atoms with Gasteiger partial charge in [-0.25, -0.2) is 4.98 Å². The maximum atomic E-state index is 13.6. The maximum Gasteiger partial charge on any atom is 0.311 e. The molecule has 1 saturated carbocycles. The Morgan fingerprint density at radius 2 is 1.80 bits per heavy atom. The third-order valence-corrected chi connectivity index (χ3v) is 8.06. The molecule has 0 saturated heterocycles. The minimum atomic E-state index is -0.468. The molecule has 0 radical (unpaired) electrons. The second-order valence-electron chi connectivity index (χ2n) is 10.2. The second kappa shape index (κ2) is 11.6. The molecule has 1 fully saturated rings. The molecule has 41 heavy (non-hydrogen) atoms. The zero-order valence-electron chi connectivity index (χ0n) is 22.2. The summed E-state index contributed by atoms with van der Waals surface area (Å²) in [7, 11) is 0. The Morgan fingerprint density at radius 3 is 2.63 bits per heavy atom. The van der Waals surface area contributed by atoms with E-state index in [0.717, 1.165) is 46.5 Å². The fourth-order valence-corrected chi connectivity index (χ4v) is 5.84. The van der Waals surface area contributed by atoms with E-state index in [1.54, 1.807) is 18.2 Å². The van der Waals surface area contributed by atoms with Crippen LogP contribution in [0.15, 0.2) is 93.2 Å². The molecule has 0 unspecified atom stereocenters. The van der Waals surface area contributed by atoms with Gasteiger partial charge in [-0.05, 0) is 59.5 Å². The lowest BCUT2D eigenvalue weighted by molar-refractivity contribution is -0.385. The first kappa shape index (κ1) is 26.8. The van der Waals surface area contributed by atoms with Crippen LogP contribution in [0.3, 0.4) is 0 Å².